The second kappa shape index (κ2) is 8.18. The van der Waals surface area contributed by atoms with Crippen molar-refractivity contribution in [1.82, 2.24) is 10.3 Å². The molecule has 0 atom stereocenters. The highest BCUT2D eigenvalue weighted by Gasteiger charge is 2.11. The lowest BCUT2D eigenvalue weighted by molar-refractivity contribution is 0.419. The molecule has 3 rings (SSSR count). The van der Waals surface area contributed by atoms with Gasteiger partial charge in [0, 0.05) is 29.7 Å². The van der Waals surface area contributed by atoms with Crippen LogP contribution in [0.3, 0.4) is 0 Å². The third-order valence-electron chi connectivity index (χ3n) is 4.00. The van der Waals surface area contributed by atoms with Crippen LogP contribution in [0.4, 0.5) is 5.69 Å². The Morgan fingerprint density at radius 1 is 1.00 bits per heavy atom. The van der Waals surface area contributed by atoms with Crippen LogP contribution in [0.15, 0.2) is 42.5 Å². The van der Waals surface area contributed by atoms with Gasteiger partial charge in [-0.2, -0.15) is 0 Å². The second-order valence-electron chi connectivity index (χ2n) is 5.58. The van der Waals surface area contributed by atoms with E-state index >= 15 is 0 Å². The standard InChI is InChI=1S/C19H22ClN3O/c1-24-17-9-4-7-15-18(22-12-5-11-21-13-10-20)14-6-2-3-8-16(14)23-19(15)17/h2-4,6-9,21H,5,10-13H2,1H3,(H,22,23). The Bertz CT molecular complexity index is 822. The number of alkyl halides is 1. The summed E-state index contributed by atoms with van der Waals surface area (Å²) >= 11 is 5.67. The fourth-order valence-electron chi connectivity index (χ4n) is 2.86. The molecule has 0 fully saturated rings. The zero-order chi connectivity index (χ0) is 16.8. The maximum absolute atomic E-state index is 5.67. The molecular formula is C19H22ClN3O. The predicted molar refractivity (Wildman–Crippen MR) is 102 cm³/mol. The Kier molecular flexibility index (Phi) is 5.72. The highest BCUT2D eigenvalue weighted by Crippen LogP contribution is 2.34. The van der Waals surface area contributed by atoms with Crippen LogP contribution in [0.2, 0.25) is 0 Å². The normalized spacial score (nSPS) is 11.1. The summed E-state index contributed by atoms with van der Waals surface area (Å²) in [5.74, 6) is 1.44. The molecule has 24 heavy (non-hydrogen) atoms. The van der Waals surface area contributed by atoms with E-state index in [0.29, 0.717) is 5.88 Å². The molecule has 0 amide bonds. The van der Waals surface area contributed by atoms with Gasteiger partial charge in [-0.25, -0.2) is 4.98 Å². The number of hydrogen-bond acceptors (Lipinski definition) is 4. The number of fused-ring (bicyclic) bond motifs is 2. The third kappa shape index (κ3) is 3.55. The zero-order valence-corrected chi connectivity index (χ0v) is 14.6. The average Bonchev–Trinajstić information content (AvgIpc) is 2.63. The minimum Gasteiger partial charge on any atom is -0.494 e. The average molecular weight is 344 g/mol. The van der Waals surface area contributed by atoms with Gasteiger partial charge in [0.1, 0.15) is 11.3 Å². The van der Waals surface area contributed by atoms with E-state index in [1.165, 1.54) is 0 Å². The monoisotopic (exact) mass is 343 g/mol. The molecule has 1 aromatic heterocycles. The van der Waals surface area contributed by atoms with E-state index in [2.05, 4.69) is 22.8 Å². The Labute approximate surface area is 147 Å². The van der Waals surface area contributed by atoms with Crippen molar-refractivity contribution >= 4 is 39.1 Å². The van der Waals surface area contributed by atoms with Crippen molar-refractivity contribution in [2.24, 2.45) is 0 Å². The molecule has 0 aliphatic heterocycles. The third-order valence-corrected chi connectivity index (χ3v) is 4.19. The van der Waals surface area contributed by atoms with E-state index in [-0.39, 0.29) is 0 Å². The van der Waals surface area contributed by atoms with Crippen LogP contribution >= 0.6 is 11.6 Å². The van der Waals surface area contributed by atoms with Crippen LogP contribution in [0, 0.1) is 0 Å². The highest BCUT2D eigenvalue weighted by atomic mass is 35.5. The van der Waals surface area contributed by atoms with Crippen molar-refractivity contribution in [1.29, 1.82) is 0 Å². The number of halogens is 1. The lowest BCUT2D eigenvalue weighted by atomic mass is 10.1. The molecule has 0 spiro atoms. The van der Waals surface area contributed by atoms with Gasteiger partial charge in [0.25, 0.3) is 0 Å². The number of para-hydroxylation sites is 2. The summed E-state index contributed by atoms with van der Waals surface area (Å²) in [5, 5.41) is 9.12. The number of nitrogens with zero attached hydrogens (tertiary/aromatic N) is 1. The van der Waals surface area contributed by atoms with Crippen molar-refractivity contribution < 1.29 is 4.74 Å². The lowest BCUT2D eigenvalue weighted by Gasteiger charge is -2.14. The SMILES string of the molecule is COc1cccc2c(NCCCNCCCl)c3ccccc3nc12. The maximum Gasteiger partial charge on any atom is 0.145 e. The summed E-state index contributed by atoms with van der Waals surface area (Å²) in [7, 11) is 1.68. The van der Waals surface area contributed by atoms with E-state index in [4.69, 9.17) is 21.3 Å². The molecule has 0 saturated heterocycles. The number of anilines is 1. The van der Waals surface area contributed by atoms with Gasteiger partial charge in [-0.3, -0.25) is 0 Å². The predicted octanol–water partition coefficient (Wildman–Crippen LogP) is 4.03. The summed E-state index contributed by atoms with van der Waals surface area (Å²) < 4.78 is 5.49. The van der Waals surface area contributed by atoms with E-state index in [1.807, 2.05) is 30.3 Å². The number of nitrogens with one attached hydrogen (secondary N) is 2. The molecule has 126 valence electrons. The van der Waals surface area contributed by atoms with Gasteiger partial charge in [-0.1, -0.05) is 30.3 Å². The second-order valence-corrected chi connectivity index (χ2v) is 5.96. The molecule has 3 aromatic rings. The number of methoxy groups -OCH3 is 1. The van der Waals surface area contributed by atoms with Gasteiger partial charge in [0.15, 0.2) is 0 Å². The van der Waals surface area contributed by atoms with Crippen LogP contribution < -0.4 is 15.4 Å². The first-order valence-corrected chi connectivity index (χ1v) is 8.74. The maximum atomic E-state index is 5.67. The first-order chi connectivity index (χ1) is 11.8. The van der Waals surface area contributed by atoms with Crippen LogP contribution in [-0.2, 0) is 0 Å². The molecule has 0 bridgehead atoms. The fraction of sp³-hybridized carbons (Fsp3) is 0.316. The van der Waals surface area contributed by atoms with Gasteiger partial charge >= 0.3 is 0 Å². The molecule has 0 unspecified atom stereocenters. The number of aromatic nitrogens is 1. The van der Waals surface area contributed by atoms with E-state index in [0.717, 1.165) is 59.3 Å². The summed E-state index contributed by atoms with van der Waals surface area (Å²) in [5.41, 5.74) is 2.98. The molecule has 0 aliphatic carbocycles. The van der Waals surface area contributed by atoms with Crippen LogP contribution in [0.25, 0.3) is 21.8 Å². The Morgan fingerprint density at radius 3 is 2.67 bits per heavy atom. The van der Waals surface area contributed by atoms with Gasteiger partial charge < -0.3 is 15.4 Å². The molecule has 0 aliphatic rings. The summed E-state index contributed by atoms with van der Waals surface area (Å²) in [4.78, 5) is 4.79. The Balaban J connectivity index is 1.93. The van der Waals surface area contributed by atoms with Crippen LogP contribution in [0.5, 0.6) is 5.75 Å². The number of pyridine rings is 1. The van der Waals surface area contributed by atoms with Crippen molar-refractivity contribution in [2.45, 2.75) is 6.42 Å². The van der Waals surface area contributed by atoms with Gasteiger partial charge in [0.2, 0.25) is 0 Å². The van der Waals surface area contributed by atoms with Crippen LogP contribution in [0.1, 0.15) is 6.42 Å². The van der Waals surface area contributed by atoms with Crippen molar-refractivity contribution in [3.63, 3.8) is 0 Å². The molecule has 2 N–H and O–H groups in total. The van der Waals surface area contributed by atoms with Crippen molar-refractivity contribution in [3.05, 3.63) is 42.5 Å². The fourth-order valence-corrected chi connectivity index (χ4v) is 2.99. The quantitative estimate of drug-likeness (QED) is 0.368. The van der Waals surface area contributed by atoms with E-state index < -0.39 is 0 Å². The van der Waals surface area contributed by atoms with Gasteiger partial charge in [0.05, 0.1) is 18.3 Å². The Hall–Kier alpha value is -2.04. The van der Waals surface area contributed by atoms with Crippen molar-refractivity contribution in [3.8, 4) is 5.75 Å². The molecule has 0 radical (unpaired) electrons. The van der Waals surface area contributed by atoms with Crippen LogP contribution in [-0.4, -0.2) is 37.6 Å². The summed E-state index contributed by atoms with van der Waals surface area (Å²) in [6.45, 7) is 2.68. The molecule has 2 aromatic carbocycles. The highest BCUT2D eigenvalue weighted by molar-refractivity contribution is 6.18. The largest absolute Gasteiger partial charge is 0.494 e. The smallest absolute Gasteiger partial charge is 0.145 e. The molecule has 0 saturated carbocycles. The first-order valence-electron chi connectivity index (χ1n) is 8.21. The molecule has 4 nitrogen and oxygen atoms in total. The number of rotatable bonds is 8. The first kappa shape index (κ1) is 16.8. The lowest BCUT2D eigenvalue weighted by Crippen LogP contribution is -2.20. The number of hydrogen-bond donors (Lipinski definition) is 2. The Morgan fingerprint density at radius 2 is 1.83 bits per heavy atom. The zero-order valence-electron chi connectivity index (χ0n) is 13.8. The molecular weight excluding hydrogens is 322 g/mol. The topological polar surface area (TPSA) is 46.2 Å². The van der Waals surface area contributed by atoms with Gasteiger partial charge in [-0.15, -0.1) is 11.6 Å². The summed E-state index contributed by atoms with van der Waals surface area (Å²) in [6, 6.07) is 14.2. The van der Waals surface area contributed by atoms with Gasteiger partial charge in [-0.05, 0) is 25.1 Å². The number of ether oxygens (including phenoxy) is 1. The van der Waals surface area contributed by atoms with E-state index in [9.17, 15) is 0 Å². The minimum absolute atomic E-state index is 0.646. The molecule has 5 heteroatoms. The number of benzene rings is 2. The minimum atomic E-state index is 0.646. The van der Waals surface area contributed by atoms with E-state index in [1.54, 1.807) is 7.11 Å². The summed E-state index contributed by atoms with van der Waals surface area (Å²) in [6.07, 6.45) is 1.03. The molecule has 1 heterocycles. The van der Waals surface area contributed by atoms with Crippen molar-refractivity contribution in [2.75, 3.05) is 37.9 Å².